The molecule has 0 unspecified atom stereocenters. The van der Waals surface area contributed by atoms with Crippen LogP contribution in [0.4, 0.5) is 0 Å². The van der Waals surface area contributed by atoms with Gasteiger partial charge in [0.05, 0.1) is 26.2 Å². The molecule has 148 valence electrons. The summed E-state index contributed by atoms with van der Waals surface area (Å²) in [5.41, 5.74) is 2.20. The minimum absolute atomic E-state index is 0.0247. The monoisotopic (exact) mass is 379 g/mol. The summed E-state index contributed by atoms with van der Waals surface area (Å²) in [5, 5.41) is 0. The predicted molar refractivity (Wildman–Crippen MR) is 111 cm³/mol. The first-order valence-electron chi connectivity index (χ1n) is 9.77. The Hall–Kier alpha value is -2.75. The maximum absolute atomic E-state index is 13.3. The highest BCUT2D eigenvalue weighted by Crippen LogP contribution is 2.30. The lowest BCUT2D eigenvalue weighted by Gasteiger charge is -2.37. The number of methoxy groups -OCH3 is 2. The van der Waals surface area contributed by atoms with Crippen LogP contribution in [-0.4, -0.2) is 31.1 Å². The Balaban J connectivity index is 1.91. The quantitative estimate of drug-likeness (QED) is 0.666. The van der Waals surface area contributed by atoms with E-state index in [-0.39, 0.29) is 23.8 Å². The highest BCUT2D eigenvalue weighted by molar-refractivity contribution is 5.82. The molecule has 2 aromatic rings. The van der Waals surface area contributed by atoms with Gasteiger partial charge in [0.2, 0.25) is 5.91 Å². The number of hydrogen-bond acceptors (Lipinski definition) is 3. The van der Waals surface area contributed by atoms with Crippen molar-refractivity contribution in [3.63, 3.8) is 0 Å². The average Bonchev–Trinajstić information content (AvgIpc) is 2.71. The van der Waals surface area contributed by atoms with Gasteiger partial charge in [-0.25, -0.2) is 0 Å². The van der Waals surface area contributed by atoms with E-state index in [4.69, 9.17) is 9.47 Å². The van der Waals surface area contributed by atoms with Crippen LogP contribution in [0.15, 0.2) is 60.7 Å². The van der Waals surface area contributed by atoms with Crippen molar-refractivity contribution in [3.8, 4) is 11.5 Å². The molecule has 2 atom stereocenters. The van der Waals surface area contributed by atoms with Gasteiger partial charge in [-0.3, -0.25) is 4.79 Å². The second-order valence-electron chi connectivity index (χ2n) is 7.56. The minimum atomic E-state index is -0.0868. The summed E-state index contributed by atoms with van der Waals surface area (Å²) in [6.07, 6.45) is 5.07. The van der Waals surface area contributed by atoms with E-state index in [1.807, 2.05) is 41.3 Å². The van der Waals surface area contributed by atoms with Crippen LogP contribution < -0.4 is 9.47 Å². The number of hydrogen-bond donors (Lipinski definition) is 0. The fourth-order valence-corrected chi connectivity index (χ4v) is 3.69. The number of nitrogens with zero attached hydrogens (tertiary/aromatic N) is 1. The first-order chi connectivity index (χ1) is 13.5. The van der Waals surface area contributed by atoms with Crippen molar-refractivity contribution in [1.82, 2.24) is 4.90 Å². The highest BCUT2D eigenvalue weighted by atomic mass is 16.5. The van der Waals surface area contributed by atoms with Crippen molar-refractivity contribution >= 4 is 5.91 Å². The largest absolute Gasteiger partial charge is 0.497 e. The number of ether oxygens (including phenoxy) is 2. The average molecular weight is 380 g/mol. The normalized spacial score (nSPS) is 19.2. The molecule has 4 nitrogen and oxygen atoms in total. The zero-order chi connectivity index (χ0) is 20.1. The summed E-state index contributed by atoms with van der Waals surface area (Å²) >= 11 is 0. The Morgan fingerprint density at radius 3 is 2.39 bits per heavy atom. The van der Waals surface area contributed by atoms with Crippen LogP contribution in [0.3, 0.4) is 0 Å². The molecule has 0 bridgehead atoms. The molecule has 0 aliphatic carbocycles. The third-order valence-corrected chi connectivity index (χ3v) is 5.35. The molecule has 0 saturated heterocycles. The molecule has 1 heterocycles. The molecule has 1 aliphatic heterocycles. The Morgan fingerprint density at radius 2 is 1.75 bits per heavy atom. The summed E-state index contributed by atoms with van der Waals surface area (Å²) in [6, 6.07) is 16.1. The molecule has 0 N–H and O–H groups in total. The van der Waals surface area contributed by atoms with Crippen LogP contribution in [0.2, 0.25) is 0 Å². The Morgan fingerprint density at radius 1 is 1.00 bits per heavy atom. The van der Waals surface area contributed by atoms with Crippen LogP contribution >= 0.6 is 0 Å². The van der Waals surface area contributed by atoms with Gasteiger partial charge in [0.15, 0.2) is 0 Å². The van der Waals surface area contributed by atoms with Crippen molar-refractivity contribution in [2.24, 2.45) is 11.8 Å². The summed E-state index contributed by atoms with van der Waals surface area (Å²) < 4.78 is 10.9. The standard InChI is InChI=1S/C24H29NO3/c1-17(2)22-13-11-20(14-18-8-6-5-7-9-18)25(24(22)26)16-19-10-12-21(27-3)15-23(19)28-4/h5-13,15,17,20,22H,14,16H2,1-4H3/t20-,22-/m1/s1. The summed E-state index contributed by atoms with van der Waals surface area (Å²) in [7, 11) is 3.28. The number of carbonyl (C=O) groups excluding carboxylic acids is 1. The topological polar surface area (TPSA) is 38.8 Å². The number of amides is 1. The van der Waals surface area contributed by atoms with Gasteiger partial charge >= 0.3 is 0 Å². The van der Waals surface area contributed by atoms with E-state index in [9.17, 15) is 4.79 Å². The van der Waals surface area contributed by atoms with Gasteiger partial charge in [-0.15, -0.1) is 0 Å². The molecule has 1 amide bonds. The second kappa shape index (κ2) is 8.96. The van der Waals surface area contributed by atoms with Crippen LogP contribution in [0.1, 0.15) is 25.0 Å². The van der Waals surface area contributed by atoms with E-state index in [0.29, 0.717) is 6.54 Å². The molecule has 3 rings (SSSR count). The first kappa shape index (κ1) is 20.0. The van der Waals surface area contributed by atoms with E-state index < -0.39 is 0 Å². The Bertz CT molecular complexity index is 829. The zero-order valence-electron chi connectivity index (χ0n) is 17.1. The lowest BCUT2D eigenvalue weighted by Crippen LogP contribution is -2.47. The highest BCUT2D eigenvalue weighted by Gasteiger charge is 2.33. The predicted octanol–water partition coefficient (Wildman–Crippen LogP) is 4.49. The summed E-state index contributed by atoms with van der Waals surface area (Å²) in [6.45, 7) is 4.70. The lowest BCUT2D eigenvalue weighted by molar-refractivity contribution is -0.138. The molecular formula is C24H29NO3. The third-order valence-electron chi connectivity index (χ3n) is 5.35. The van der Waals surface area contributed by atoms with Crippen molar-refractivity contribution < 1.29 is 14.3 Å². The molecule has 0 aromatic heterocycles. The van der Waals surface area contributed by atoms with E-state index in [0.717, 1.165) is 23.5 Å². The van der Waals surface area contributed by atoms with Crippen molar-refractivity contribution in [2.45, 2.75) is 32.9 Å². The van der Waals surface area contributed by atoms with Gasteiger partial charge < -0.3 is 14.4 Å². The van der Waals surface area contributed by atoms with Crippen molar-refractivity contribution in [1.29, 1.82) is 0 Å². The molecule has 28 heavy (non-hydrogen) atoms. The Labute approximate surface area is 167 Å². The van der Waals surface area contributed by atoms with Crippen molar-refractivity contribution in [3.05, 3.63) is 71.8 Å². The van der Waals surface area contributed by atoms with Gasteiger partial charge in [-0.05, 0) is 30.0 Å². The van der Waals surface area contributed by atoms with Crippen molar-refractivity contribution in [2.75, 3.05) is 14.2 Å². The van der Waals surface area contributed by atoms with Gasteiger partial charge in [-0.1, -0.05) is 56.3 Å². The molecule has 0 radical (unpaired) electrons. The van der Waals surface area contributed by atoms with Crippen LogP contribution in [0.5, 0.6) is 11.5 Å². The van der Waals surface area contributed by atoms with E-state index in [1.54, 1.807) is 14.2 Å². The van der Waals surface area contributed by atoms with Gasteiger partial charge in [0, 0.05) is 18.2 Å². The summed E-state index contributed by atoms with van der Waals surface area (Å²) in [5.74, 6) is 1.84. The maximum Gasteiger partial charge on any atom is 0.230 e. The van der Waals surface area contributed by atoms with E-state index in [2.05, 4.69) is 38.1 Å². The number of benzene rings is 2. The fourth-order valence-electron chi connectivity index (χ4n) is 3.69. The maximum atomic E-state index is 13.3. The molecule has 0 spiro atoms. The molecule has 0 saturated carbocycles. The molecule has 2 aromatic carbocycles. The van der Waals surface area contributed by atoms with Gasteiger partial charge in [0.1, 0.15) is 11.5 Å². The first-order valence-corrected chi connectivity index (χ1v) is 9.77. The van der Waals surface area contributed by atoms with Crippen LogP contribution in [0, 0.1) is 11.8 Å². The molecule has 0 fully saturated rings. The van der Waals surface area contributed by atoms with Gasteiger partial charge in [-0.2, -0.15) is 0 Å². The van der Waals surface area contributed by atoms with E-state index >= 15 is 0 Å². The minimum Gasteiger partial charge on any atom is -0.497 e. The zero-order valence-corrected chi connectivity index (χ0v) is 17.1. The van der Waals surface area contributed by atoms with Crippen LogP contribution in [0.25, 0.3) is 0 Å². The SMILES string of the molecule is COc1ccc(CN2C(=O)[C@@H](C(C)C)C=C[C@@H]2Cc2ccccc2)c(OC)c1. The smallest absolute Gasteiger partial charge is 0.230 e. The lowest BCUT2D eigenvalue weighted by atomic mass is 9.88. The Kier molecular flexibility index (Phi) is 6.40. The number of carbonyl (C=O) groups is 1. The number of rotatable bonds is 7. The van der Waals surface area contributed by atoms with Gasteiger partial charge in [0.25, 0.3) is 0 Å². The summed E-state index contributed by atoms with van der Waals surface area (Å²) in [4.78, 5) is 15.3. The fraction of sp³-hybridized carbons (Fsp3) is 0.375. The molecule has 4 heteroatoms. The second-order valence-corrected chi connectivity index (χ2v) is 7.56. The van der Waals surface area contributed by atoms with E-state index in [1.165, 1.54) is 5.56 Å². The molecular weight excluding hydrogens is 350 g/mol. The third kappa shape index (κ3) is 4.38. The van der Waals surface area contributed by atoms with Crippen LogP contribution in [-0.2, 0) is 17.8 Å². The molecule has 1 aliphatic rings.